The molecule has 1 saturated heterocycles. The molecule has 24 heavy (non-hydrogen) atoms. The van der Waals surface area contributed by atoms with E-state index in [1.54, 1.807) is 6.26 Å². The minimum Gasteiger partial charge on any atom is -0.467 e. The molecule has 0 radical (unpaired) electrons. The van der Waals surface area contributed by atoms with E-state index in [1.165, 1.54) is 29.5 Å². The van der Waals surface area contributed by atoms with Gasteiger partial charge in [-0.3, -0.25) is 4.79 Å². The number of carbonyl (C=O) groups excluding carboxylic acids is 1. The zero-order valence-corrected chi connectivity index (χ0v) is 15.5. The number of amides is 1. The number of piperidine rings is 1. The molecule has 2 aromatic rings. The Morgan fingerprint density at radius 2 is 2.21 bits per heavy atom. The molecule has 0 aliphatic carbocycles. The number of nitrogens with zero attached hydrogens (tertiary/aromatic N) is 3. The van der Waals surface area contributed by atoms with Crippen LogP contribution in [0.15, 0.2) is 27.2 Å². The molecule has 0 spiro atoms. The highest BCUT2D eigenvalue weighted by Gasteiger charge is 2.28. The van der Waals surface area contributed by atoms with Crippen LogP contribution in [0.2, 0.25) is 0 Å². The molecule has 1 fully saturated rings. The zero-order valence-electron chi connectivity index (χ0n) is 13.9. The van der Waals surface area contributed by atoms with Gasteiger partial charge in [0.2, 0.25) is 11.0 Å². The highest BCUT2D eigenvalue weighted by molar-refractivity contribution is 8.01. The summed E-state index contributed by atoms with van der Waals surface area (Å²) in [5, 5.41) is 12.2. The van der Waals surface area contributed by atoms with Crippen LogP contribution in [0.25, 0.3) is 0 Å². The van der Waals surface area contributed by atoms with E-state index in [-0.39, 0.29) is 5.91 Å². The smallest absolute Gasteiger partial charge is 0.233 e. The first-order valence-corrected chi connectivity index (χ1v) is 9.97. The molecule has 6 nitrogen and oxygen atoms in total. The summed E-state index contributed by atoms with van der Waals surface area (Å²) in [4.78, 5) is 14.5. The van der Waals surface area contributed by atoms with Gasteiger partial charge in [0.05, 0.1) is 18.6 Å². The number of nitrogens with one attached hydrogen (secondary N) is 1. The molecule has 2 unspecified atom stereocenters. The first-order valence-electron chi connectivity index (χ1n) is 8.17. The van der Waals surface area contributed by atoms with Gasteiger partial charge in [-0.25, -0.2) is 0 Å². The SMILES string of the molecule is CC1CCCC(C)N1C(=O)CSc1nnc(NCc2ccco2)s1. The minimum absolute atomic E-state index is 0.194. The first-order chi connectivity index (χ1) is 11.6. The Kier molecular flexibility index (Phi) is 5.78. The van der Waals surface area contributed by atoms with Gasteiger partial charge in [-0.2, -0.15) is 0 Å². The number of thioether (sulfide) groups is 1. The van der Waals surface area contributed by atoms with Gasteiger partial charge in [0.15, 0.2) is 4.34 Å². The van der Waals surface area contributed by atoms with Crippen molar-refractivity contribution in [3.63, 3.8) is 0 Å². The summed E-state index contributed by atoms with van der Waals surface area (Å²) in [5.74, 6) is 1.46. The second-order valence-electron chi connectivity index (χ2n) is 6.02. The van der Waals surface area contributed by atoms with Crippen LogP contribution in [0, 0.1) is 0 Å². The zero-order chi connectivity index (χ0) is 16.9. The van der Waals surface area contributed by atoms with E-state index in [1.807, 2.05) is 17.0 Å². The van der Waals surface area contributed by atoms with E-state index in [0.717, 1.165) is 28.1 Å². The van der Waals surface area contributed by atoms with Crippen LogP contribution in [0.3, 0.4) is 0 Å². The lowest BCUT2D eigenvalue weighted by atomic mass is 9.98. The van der Waals surface area contributed by atoms with Gasteiger partial charge in [-0.1, -0.05) is 23.1 Å². The van der Waals surface area contributed by atoms with Crippen LogP contribution < -0.4 is 5.32 Å². The van der Waals surface area contributed by atoms with Crippen molar-refractivity contribution in [1.29, 1.82) is 0 Å². The monoisotopic (exact) mass is 366 g/mol. The first kappa shape index (κ1) is 17.3. The van der Waals surface area contributed by atoms with E-state index in [9.17, 15) is 4.79 Å². The summed E-state index contributed by atoms with van der Waals surface area (Å²) in [6.07, 6.45) is 5.05. The van der Waals surface area contributed by atoms with Crippen LogP contribution in [0.5, 0.6) is 0 Å². The highest BCUT2D eigenvalue weighted by Crippen LogP contribution is 2.28. The Bertz CT molecular complexity index is 649. The molecule has 130 valence electrons. The summed E-state index contributed by atoms with van der Waals surface area (Å²) in [6.45, 7) is 4.85. The average molecular weight is 367 g/mol. The minimum atomic E-state index is 0.194. The number of carbonyl (C=O) groups is 1. The summed E-state index contributed by atoms with van der Waals surface area (Å²) in [6, 6.07) is 4.43. The number of hydrogen-bond acceptors (Lipinski definition) is 7. The third-order valence-corrected chi connectivity index (χ3v) is 6.20. The molecule has 1 aliphatic heterocycles. The average Bonchev–Trinajstić information content (AvgIpc) is 3.22. The maximum Gasteiger partial charge on any atom is 0.233 e. The fourth-order valence-electron chi connectivity index (χ4n) is 3.03. The van der Waals surface area contributed by atoms with Crippen LogP contribution in [-0.2, 0) is 11.3 Å². The van der Waals surface area contributed by atoms with E-state index in [4.69, 9.17) is 4.42 Å². The van der Waals surface area contributed by atoms with Crippen molar-refractivity contribution in [1.82, 2.24) is 15.1 Å². The molecule has 0 bridgehead atoms. The third-order valence-electron chi connectivity index (χ3n) is 4.20. The third kappa shape index (κ3) is 4.30. The van der Waals surface area contributed by atoms with Gasteiger partial charge in [-0.15, -0.1) is 10.2 Å². The molecule has 2 aromatic heterocycles. The lowest BCUT2D eigenvalue weighted by Crippen LogP contribution is -2.48. The Morgan fingerprint density at radius 3 is 2.92 bits per heavy atom. The topological polar surface area (TPSA) is 71.3 Å². The molecule has 8 heteroatoms. The number of furan rings is 1. The summed E-state index contributed by atoms with van der Waals surface area (Å²) >= 11 is 2.92. The van der Waals surface area contributed by atoms with Crippen molar-refractivity contribution in [2.45, 2.75) is 56.1 Å². The number of hydrogen-bond donors (Lipinski definition) is 1. The number of aromatic nitrogens is 2. The molecule has 0 saturated carbocycles. The number of rotatable bonds is 6. The van der Waals surface area contributed by atoms with Crippen molar-refractivity contribution in [2.24, 2.45) is 0 Å². The lowest BCUT2D eigenvalue weighted by molar-refractivity contribution is -0.134. The predicted octanol–water partition coefficient (Wildman–Crippen LogP) is 3.62. The van der Waals surface area contributed by atoms with Crippen molar-refractivity contribution in [3.8, 4) is 0 Å². The molecule has 1 N–H and O–H groups in total. The maximum absolute atomic E-state index is 12.5. The van der Waals surface area contributed by atoms with Crippen LogP contribution in [-0.4, -0.2) is 38.8 Å². The Labute approximate surface area is 150 Å². The molecular weight excluding hydrogens is 344 g/mol. The predicted molar refractivity (Wildman–Crippen MR) is 96.3 cm³/mol. The normalized spacial score (nSPS) is 21.0. The van der Waals surface area contributed by atoms with Crippen LogP contribution >= 0.6 is 23.1 Å². The Morgan fingerprint density at radius 1 is 1.42 bits per heavy atom. The number of anilines is 1. The van der Waals surface area contributed by atoms with Gasteiger partial charge in [0.1, 0.15) is 5.76 Å². The van der Waals surface area contributed by atoms with Crippen molar-refractivity contribution >= 4 is 34.1 Å². The second kappa shape index (κ2) is 8.02. The molecule has 3 rings (SSSR count). The molecule has 1 amide bonds. The molecule has 0 aromatic carbocycles. The highest BCUT2D eigenvalue weighted by atomic mass is 32.2. The van der Waals surface area contributed by atoms with Crippen molar-refractivity contribution in [2.75, 3.05) is 11.1 Å². The largest absolute Gasteiger partial charge is 0.467 e. The number of likely N-dealkylation sites (tertiary alicyclic amines) is 1. The molecule has 3 heterocycles. The van der Waals surface area contributed by atoms with Gasteiger partial charge >= 0.3 is 0 Å². The van der Waals surface area contributed by atoms with Crippen molar-refractivity contribution in [3.05, 3.63) is 24.2 Å². The maximum atomic E-state index is 12.5. The van der Waals surface area contributed by atoms with Crippen LogP contribution in [0.1, 0.15) is 38.9 Å². The molecular formula is C16H22N4O2S2. The fourth-order valence-corrected chi connectivity index (χ4v) is 4.64. The standard InChI is InChI=1S/C16H22N4O2S2/c1-11-5-3-6-12(2)20(11)14(21)10-23-16-19-18-15(24-16)17-9-13-7-4-8-22-13/h4,7-8,11-12H,3,5-6,9-10H2,1-2H3,(H,17,18). The summed E-state index contributed by atoms with van der Waals surface area (Å²) in [7, 11) is 0. The van der Waals surface area contributed by atoms with E-state index in [0.29, 0.717) is 24.4 Å². The van der Waals surface area contributed by atoms with E-state index >= 15 is 0 Å². The summed E-state index contributed by atoms with van der Waals surface area (Å²) in [5.41, 5.74) is 0. The van der Waals surface area contributed by atoms with E-state index in [2.05, 4.69) is 29.4 Å². The van der Waals surface area contributed by atoms with Crippen molar-refractivity contribution < 1.29 is 9.21 Å². The molecule has 2 atom stereocenters. The quantitative estimate of drug-likeness (QED) is 0.787. The Hall–Kier alpha value is -1.54. The van der Waals surface area contributed by atoms with Gasteiger partial charge in [-0.05, 0) is 45.2 Å². The van der Waals surface area contributed by atoms with Gasteiger partial charge in [0, 0.05) is 12.1 Å². The summed E-state index contributed by atoms with van der Waals surface area (Å²) < 4.78 is 6.07. The van der Waals surface area contributed by atoms with Gasteiger partial charge in [0.25, 0.3) is 0 Å². The second-order valence-corrected chi connectivity index (χ2v) is 8.22. The van der Waals surface area contributed by atoms with Gasteiger partial charge < -0.3 is 14.6 Å². The van der Waals surface area contributed by atoms with E-state index < -0.39 is 0 Å². The molecule has 1 aliphatic rings. The lowest BCUT2D eigenvalue weighted by Gasteiger charge is -2.39. The Balaban J connectivity index is 1.48. The van der Waals surface area contributed by atoms with Crippen LogP contribution in [0.4, 0.5) is 5.13 Å². The fraction of sp³-hybridized carbons (Fsp3) is 0.562.